The highest BCUT2D eigenvalue weighted by Crippen LogP contribution is 2.25. The number of methoxy groups -OCH3 is 1. The summed E-state index contributed by atoms with van der Waals surface area (Å²) in [6, 6.07) is 20.2. The van der Waals surface area contributed by atoms with Crippen molar-refractivity contribution in [1.82, 2.24) is 0 Å². The molecule has 0 radical (unpaired) electrons. The van der Waals surface area contributed by atoms with Gasteiger partial charge in [0.05, 0.1) is 7.11 Å². The van der Waals surface area contributed by atoms with Crippen molar-refractivity contribution in [2.24, 2.45) is 4.99 Å². The fourth-order valence-corrected chi connectivity index (χ4v) is 2.75. The fraction of sp³-hybridized carbons (Fsp3) is 0.143. The third-order valence-electron chi connectivity index (χ3n) is 4.08. The molecule has 0 aliphatic carbocycles. The van der Waals surface area contributed by atoms with E-state index in [1.165, 1.54) is 7.11 Å². The van der Waals surface area contributed by atoms with Crippen LogP contribution in [0.2, 0.25) is 0 Å². The minimum atomic E-state index is -0.661. The van der Waals surface area contributed by atoms with E-state index >= 15 is 0 Å². The Bertz CT molecular complexity index is 903. The molecule has 0 saturated heterocycles. The summed E-state index contributed by atoms with van der Waals surface area (Å²) in [5, 5.41) is 12.1. The molecular weight excluding hydrogens is 314 g/mol. The van der Waals surface area contributed by atoms with Gasteiger partial charge in [-0.15, -0.1) is 0 Å². The molecule has 3 aromatic rings. The zero-order valence-corrected chi connectivity index (χ0v) is 13.9. The van der Waals surface area contributed by atoms with Gasteiger partial charge in [0.2, 0.25) is 0 Å². The van der Waals surface area contributed by atoms with E-state index in [1.54, 1.807) is 12.3 Å². The molecular formula is C21H19NO3. The van der Waals surface area contributed by atoms with Crippen molar-refractivity contribution < 1.29 is 14.6 Å². The average molecular weight is 333 g/mol. The number of fused-ring (bicyclic) bond motifs is 1. The molecule has 3 aromatic carbocycles. The Morgan fingerprint density at radius 3 is 2.56 bits per heavy atom. The van der Waals surface area contributed by atoms with Gasteiger partial charge in [-0.05, 0) is 22.4 Å². The molecule has 1 atom stereocenters. The van der Waals surface area contributed by atoms with Gasteiger partial charge in [0.1, 0.15) is 5.75 Å². The number of esters is 1. The Hall–Kier alpha value is -3.14. The van der Waals surface area contributed by atoms with Crippen molar-refractivity contribution in [2.45, 2.75) is 12.5 Å². The SMILES string of the molecule is COC(=O)[C@H](Cc1ccccc1)N=Cc1c(O)ccc2ccccc12. The first kappa shape index (κ1) is 16.7. The van der Waals surface area contributed by atoms with Gasteiger partial charge in [0.15, 0.2) is 6.04 Å². The van der Waals surface area contributed by atoms with Crippen molar-refractivity contribution in [1.29, 1.82) is 0 Å². The highest BCUT2D eigenvalue weighted by molar-refractivity contribution is 6.02. The van der Waals surface area contributed by atoms with Gasteiger partial charge in [-0.1, -0.05) is 60.7 Å². The van der Waals surface area contributed by atoms with E-state index in [9.17, 15) is 9.90 Å². The van der Waals surface area contributed by atoms with Crippen LogP contribution in [0, 0.1) is 0 Å². The van der Waals surface area contributed by atoms with Crippen molar-refractivity contribution in [3.05, 3.63) is 77.9 Å². The number of aliphatic imine (C=N–C) groups is 1. The first-order valence-corrected chi connectivity index (χ1v) is 8.04. The summed E-state index contributed by atoms with van der Waals surface area (Å²) in [6.07, 6.45) is 2.00. The minimum Gasteiger partial charge on any atom is -0.507 e. The smallest absolute Gasteiger partial charge is 0.330 e. The van der Waals surface area contributed by atoms with Crippen molar-refractivity contribution in [3.63, 3.8) is 0 Å². The van der Waals surface area contributed by atoms with Crippen molar-refractivity contribution in [2.75, 3.05) is 7.11 Å². The summed E-state index contributed by atoms with van der Waals surface area (Å²) < 4.78 is 4.88. The van der Waals surface area contributed by atoms with Crippen molar-refractivity contribution >= 4 is 23.0 Å². The topological polar surface area (TPSA) is 58.9 Å². The maximum atomic E-state index is 12.1. The Balaban J connectivity index is 1.94. The maximum Gasteiger partial charge on any atom is 0.330 e. The molecule has 126 valence electrons. The highest BCUT2D eigenvalue weighted by Gasteiger charge is 2.18. The summed E-state index contributed by atoms with van der Waals surface area (Å²) >= 11 is 0. The third-order valence-corrected chi connectivity index (χ3v) is 4.08. The van der Waals surface area contributed by atoms with Crippen molar-refractivity contribution in [3.8, 4) is 5.75 Å². The lowest BCUT2D eigenvalue weighted by atomic mass is 10.0. The van der Waals surface area contributed by atoms with Gasteiger partial charge in [0.25, 0.3) is 0 Å². The molecule has 0 aromatic heterocycles. The lowest BCUT2D eigenvalue weighted by Crippen LogP contribution is -2.23. The molecule has 0 aliphatic rings. The van der Waals surface area contributed by atoms with E-state index in [0.717, 1.165) is 16.3 Å². The van der Waals surface area contributed by atoms with Crippen LogP contribution < -0.4 is 0 Å². The van der Waals surface area contributed by atoms with Crippen LogP contribution in [0.3, 0.4) is 0 Å². The molecule has 0 heterocycles. The fourth-order valence-electron chi connectivity index (χ4n) is 2.75. The molecule has 0 unspecified atom stereocenters. The van der Waals surface area contributed by atoms with Crippen LogP contribution in [-0.4, -0.2) is 30.4 Å². The van der Waals surface area contributed by atoms with E-state index < -0.39 is 12.0 Å². The van der Waals surface area contributed by atoms with Gasteiger partial charge in [-0.2, -0.15) is 0 Å². The second-order valence-corrected chi connectivity index (χ2v) is 5.73. The van der Waals surface area contributed by atoms with Gasteiger partial charge in [0, 0.05) is 18.2 Å². The van der Waals surface area contributed by atoms with Crippen LogP contribution in [0.5, 0.6) is 5.75 Å². The van der Waals surface area contributed by atoms with E-state index in [4.69, 9.17) is 4.74 Å². The number of aromatic hydroxyl groups is 1. The normalized spacial score (nSPS) is 12.4. The van der Waals surface area contributed by atoms with Gasteiger partial charge in [-0.25, -0.2) is 4.79 Å². The number of phenolic OH excluding ortho intramolecular Hbond substituents is 1. The van der Waals surface area contributed by atoms with Crippen LogP contribution >= 0.6 is 0 Å². The Kier molecular flexibility index (Phi) is 5.09. The van der Waals surface area contributed by atoms with Gasteiger partial charge in [-0.3, -0.25) is 4.99 Å². The van der Waals surface area contributed by atoms with Crippen LogP contribution in [0.1, 0.15) is 11.1 Å². The molecule has 0 spiro atoms. The lowest BCUT2D eigenvalue weighted by Gasteiger charge is -2.11. The molecule has 0 saturated carbocycles. The number of carbonyl (C=O) groups excluding carboxylic acids is 1. The number of nitrogens with zero attached hydrogens (tertiary/aromatic N) is 1. The number of ether oxygens (including phenoxy) is 1. The van der Waals surface area contributed by atoms with Gasteiger partial charge >= 0.3 is 5.97 Å². The second kappa shape index (κ2) is 7.62. The maximum absolute atomic E-state index is 12.1. The minimum absolute atomic E-state index is 0.130. The van der Waals surface area contributed by atoms with E-state index in [0.29, 0.717) is 12.0 Å². The number of rotatable bonds is 5. The Labute approximate surface area is 146 Å². The molecule has 0 fully saturated rings. The van der Waals surface area contributed by atoms with Crippen LogP contribution in [0.15, 0.2) is 71.7 Å². The van der Waals surface area contributed by atoms with Gasteiger partial charge < -0.3 is 9.84 Å². The monoisotopic (exact) mass is 333 g/mol. The molecule has 0 bridgehead atoms. The van der Waals surface area contributed by atoms with Crippen LogP contribution in [0.4, 0.5) is 0 Å². The average Bonchev–Trinajstić information content (AvgIpc) is 2.66. The second-order valence-electron chi connectivity index (χ2n) is 5.73. The van der Waals surface area contributed by atoms with Crippen LogP contribution in [-0.2, 0) is 16.0 Å². The van der Waals surface area contributed by atoms with E-state index in [-0.39, 0.29) is 5.75 Å². The molecule has 3 rings (SSSR count). The molecule has 1 N–H and O–H groups in total. The Morgan fingerprint density at radius 2 is 1.80 bits per heavy atom. The predicted molar refractivity (Wildman–Crippen MR) is 99.2 cm³/mol. The molecule has 0 amide bonds. The standard InChI is InChI=1S/C21H19NO3/c1-25-21(24)19(13-15-7-3-2-4-8-15)22-14-18-17-10-6-5-9-16(17)11-12-20(18)23/h2-12,14,19,23H,13H2,1H3/t19-/m0/s1. The molecule has 25 heavy (non-hydrogen) atoms. The highest BCUT2D eigenvalue weighted by atomic mass is 16.5. The first-order chi connectivity index (χ1) is 12.2. The summed E-state index contributed by atoms with van der Waals surface area (Å²) in [5.74, 6) is -0.273. The molecule has 0 aliphatic heterocycles. The largest absolute Gasteiger partial charge is 0.507 e. The summed E-state index contributed by atoms with van der Waals surface area (Å²) in [5.41, 5.74) is 1.59. The zero-order valence-electron chi connectivity index (χ0n) is 13.9. The van der Waals surface area contributed by atoms with Crippen LogP contribution in [0.25, 0.3) is 10.8 Å². The zero-order chi connectivity index (χ0) is 17.6. The number of carbonyl (C=O) groups is 1. The first-order valence-electron chi connectivity index (χ1n) is 8.04. The lowest BCUT2D eigenvalue weighted by molar-refractivity contribution is -0.142. The van der Waals surface area contributed by atoms with E-state index in [1.807, 2.05) is 60.7 Å². The summed E-state index contributed by atoms with van der Waals surface area (Å²) in [6.45, 7) is 0. The third kappa shape index (κ3) is 3.86. The molecule has 4 heteroatoms. The number of phenols is 1. The summed E-state index contributed by atoms with van der Waals surface area (Å²) in [4.78, 5) is 16.5. The summed E-state index contributed by atoms with van der Waals surface area (Å²) in [7, 11) is 1.35. The quantitative estimate of drug-likeness (QED) is 0.571. The van der Waals surface area contributed by atoms with E-state index in [2.05, 4.69) is 4.99 Å². The molecule has 4 nitrogen and oxygen atoms in total. The predicted octanol–water partition coefficient (Wildman–Crippen LogP) is 3.75. The number of hydrogen-bond donors (Lipinski definition) is 1. The number of hydrogen-bond acceptors (Lipinski definition) is 4. The Morgan fingerprint density at radius 1 is 1.08 bits per heavy atom. The number of benzene rings is 3.